The van der Waals surface area contributed by atoms with Gasteiger partial charge in [0.1, 0.15) is 17.3 Å². The van der Waals surface area contributed by atoms with Crippen LogP contribution in [0.2, 0.25) is 0 Å². The summed E-state index contributed by atoms with van der Waals surface area (Å²) in [7, 11) is 1.48. The van der Waals surface area contributed by atoms with Gasteiger partial charge in [0.2, 0.25) is 0 Å². The number of halogens is 1. The average Bonchev–Trinajstić information content (AvgIpc) is 2.67. The van der Waals surface area contributed by atoms with Gasteiger partial charge in [0.15, 0.2) is 5.78 Å². The molecule has 2 aromatic rings. The third kappa shape index (κ3) is 3.86. The van der Waals surface area contributed by atoms with E-state index in [1.165, 1.54) is 32.2 Å². The van der Waals surface area contributed by atoms with Crippen molar-refractivity contribution in [3.63, 3.8) is 0 Å². The van der Waals surface area contributed by atoms with E-state index < -0.39 is 5.82 Å². The zero-order chi connectivity index (χ0) is 19.6. The number of methoxy groups -OCH3 is 1. The molecule has 0 spiro atoms. The number of amides is 1. The number of nitrogens with zero attached hydrogens (tertiary/aromatic N) is 2. The first-order valence-corrected chi connectivity index (χ1v) is 8.62. The van der Waals surface area contributed by atoms with Gasteiger partial charge in [-0.25, -0.2) is 4.39 Å². The maximum Gasteiger partial charge on any atom is 0.257 e. The van der Waals surface area contributed by atoms with Crippen LogP contribution in [-0.2, 0) is 0 Å². The van der Waals surface area contributed by atoms with E-state index in [0.29, 0.717) is 43.2 Å². The highest BCUT2D eigenvalue weighted by Gasteiger charge is 2.25. The van der Waals surface area contributed by atoms with Gasteiger partial charge in [0.05, 0.1) is 18.4 Å². The first-order chi connectivity index (χ1) is 12.9. The lowest BCUT2D eigenvalue weighted by Crippen LogP contribution is -2.49. The molecular weight excluding hydrogens is 351 g/mol. The van der Waals surface area contributed by atoms with E-state index >= 15 is 0 Å². The summed E-state index contributed by atoms with van der Waals surface area (Å²) >= 11 is 0. The Kier molecular flexibility index (Phi) is 5.30. The molecule has 2 aromatic carbocycles. The predicted octanol–water partition coefficient (Wildman–Crippen LogP) is 2.70. The number of phenols is 1. The van der Waals surface area contributed by atoms with E-state index in [1.807, 2.05) is 4.90 Å². The standard InChI is InChI=1S/C20H21FN2O4/c1-13(24)14-3-6-18(17(21)11-14)22-7-9-23(10-8-22)20(26)16-5-4-15(27-2)12-19(16)25/h3-6,11-12,25H,7-10H2,1-2H3. The largest absolute Gasteiger partial charge is 0.507 e. The van der Waals surface area contributed by atoms with Crippen molar-refractivity contribution in [3.05, 3.63) is 53.3 Å². The number of aromatic hydroxyl groups is 1. The number of carbonyl (C=O) groups excluding carboxylic acids is 2. The average molecular weight is 372 g/mol. The summed E-state index contributed by atoms with van der Waals surface area (Å²) in [5.41, 5.74) is 0.959. The predicted molar refractivity (Wildman–Crippen MR) is 99.2 cm³/mol. The van der Waals surface area contributed by atoms with Gasteiger partial charge >= 0.3 is 0 Å². The second kappa shape index (κ2) is 7.65. The first-order valence-electron chi connectivity index (χ1n) is 8.62. The maximum atomic E-state index is 14.3. The molecule has 1 fully saturated rings. The minimum Gasteiger partial charge on any atom is -0.507 e. The monoisotopic (exact) mass is 372 g/mol. The van der Waals surface area contributed by atoms with Crippen molar-refractivity contribution in [1.29, 1.82) is 0 Å². The van der Waals surface area contributed by atoms with E-state index in [4.69, 9.17) is 4.74 Å². The summed E-state index contributed by atoms with van der Waals surface area (Å²) in [6, 6.07) is 8.99. The molecule has 0 aliphatic carbocycles. The number of rotatable bonds is 4. The molecule has 0 unspecified atom stereocenters. The van der Waals surface area contributed by atoms with Crippen molar-refractivity contribution in [2.75, 3.05) is 38.2 Å². The highest BCUT2D eigenvalue weighted by Crippen LogP contribution is 2.26. The van der Waals surface area contributed by atoms with Crippen LogP contribution in [0.15, 0.2) is 36.4 Å². The number of hydrogen-bond acceptors (Lipinski definition) is 5. The molecule has 1 saturated heterocycles. The Morgan fingerprint density at radius 2 is 1.78 bits per heavy atom. The Balaban J connectivity index is 1.68. The van der Waals surface area contributed by atoms with Crippen molar-refractivity contribution in [3.8, 4) is 11.5 Å². The number of phenolic OH excluding ortho intramolecular Hbond substituents is 1. The summed E-state index contributed by atoms with van der Waals surface area (Å²) in [5, 5.41) is 10.0. The van der Waals surface area contributed by atoms with Gasteiger partial charge in [-0.15, -0.1) is 0 Å². The molecule has 0 aromatic heterocycles. The van der Waals surface area contributed by atoms with Crippen LogP contribution in [0.25, 0.3) is 0 Å². The van der Waals surface area contributed by atoms with E-state index in [-0.39, 0.29) is 23.0 Å². The quantitative estimate of drug-likeness (QED) is 0.836. The van der Waals surface area contributed by atoms with Crippen molar-refractivity contribution < 1.29 is 23.8 Å². The van der Waals surface area contributed by atoms with Gasteiger partial charge in [0, 0.05) is 37.8 Å². The fraction of sp³-hybridized carbons (Fsp3) is 0.300. The first kappa shape index (κ1) is 18.7. The summed E-state index contributed by atoms with van der Waals surface area (Å²) < 4.78 is 19.3. The minimum absolute atomic E-state index is 0.132. The molecule has 0 radical (unpaired) electrons. The van der Waals surface area contributed by atoms with Crippen LogP contribution in [0.3, 0.4) is 0 Å². The molecule has 27 heavy (non-hydrogen) atoms. The normalized spacial score (nSPS) is 14.2. The summed E-state index contributed by atoms with van der Waals surface area (Å²) in [5.74, 6) is -0.571. The maximum absolute atomic E-state index is 14.3. The second-order valence-corrected chi connectivity index (χ2v) is 6.38. The zero-order valence-electron chi connectivity index (χ0n) is 15.2. The van der Waals surface area contributed by atoms with Crippen molar-refractivity contribution in [2.24, 2.45) is 0 Å². The van der Waals surface area contributed by atoms with Gasteiger partial charge in [-0.05, 0) is 37.3 Å². The molecule has 1 heterocycles. The van der Waals surface area contributed by atoms with Crippen LogP contribution in [-0.4, -0.2) is 55.0 Å². The Bertz CT molecular complexity index is 876. The van der Waals surface area contributed by atoms with Gasteiger partial charge in [-0.3, -0.25) is 9.59 Å². The molecule has 1 aliphatic rings. The SMILES string of the molecule is COc1ccc(C(=O)N2CCN(c3ccc(C(C)=O)cc3F)CC2)c(O)c1. The highest BCUT2D eigenvalue weighted by atomic mass is 19.1. The smallest absolute Gasteiger partial charge is 0.257 e. The molecule has 0 bridgehead atoms. The van der Waals surface area contributed by atoms with Crippen LogP contribution in [0.1, 0.15) is 27.6 Å². The molecule has 0 atom stereocenters. The lowest BCUT2D eigenvalue weighted by molar-refractivity contribution is 0.0743. The third-order valence-corrected chi connectivity index (χ3v) is 4.70. The third-order valence-electron chi connectivity index (χ3n) is 4.70. The van der Waals surface area contributed by atoms with E-state index in [0.717, 1.165) is 0 Å². The van der Waals surface area contributed by atoms with Gasteiger partial charge in [0.25, 0.3) is 5.91 Å². The number of Topliss-reactive ketones (excluding diaryl/α,β-unsaturated/α-hetero) is 1. The molecule has 1 N–H and O–H groups in total. The van der Waals surface area contributed by atoms with E-state index in [1.54, 1.807) is 23.1 Å². The number of benzene rings is 2. The van der Waals surface area contributed by atoms with Crippen molar-refractivity contribution in [1.82, 2.24) is 4.90 Å². The molecular formula is C20H21FN2O4. The number of anilines is 1. The van der Waals surface area contributed by atoms with Crippen molar-refractivity contribution in [2.45, 2.75) is 6.92 Å². The fourth-order valence-corrected chi connectivity index (χ4v) is 3.12. The lowest BCUT2D eigenvalue weighted by Gasteiger charge is -2.36. The number of hydrogen-bond donors (Lipinski definition) is 1. The molecule has 7 heteroatoms. The Labute approximate surface area is 156 Å². The van der Waals surface area contributed by atoms with Crippen LogP contribution < -0.4 is 9.64 Å². The van der Waals surface area contributed by atoms with Crippen LogP contribution in [0.4, 0.5) is 10.1 Å². The number of ketones is 1. The number of piperazine rings is 1. The van der Waals surface area contributed by atoms with Gasteiger partial charge in [-0.2, -0.15) is 0 Å². The summed E-state index contributed by atoms with van der Waals surface area (Å²) in [6.45, 7) is 3.11. The van der Waals surface area contributed by atoms with E-state index in [9.17, 15) is 19.1 Å². The molecule has 1 amide bonds. The zero-order valence-corrected chi connectivity index (χ0v) is 15.2. The van der Waals surface area contributed by atoms with Gasteiger partial charge in [-0.1, -0.05) is 0 Å². The van der Waals surface area contributed by atoms with Crippen LogP contribution in [0.5, 0.6) is 11.5 Å². The molecule has 3 rings (SSSR count). The summed E-state index contributed by atoms with van der Waals surface area (Å²) in [4.78, 5) is 27.5. The highest BCUT2D eigenvalue weighted by molar-refractivity contribution is 5.97. The minimum atomic E-state index is -0.449. The lowest BCUT2D eigenvalue weighted by atomic mass is 10.1. The number of ether oxygens (including phenoxy) is 1. The van der Waals surface area contributed by atoms with Gasteiger partial charge < -0.3 is 19.6 Å². The van der Waals surface area contributed by atoms with Crippen molar-refractivity contribution >= 4 is 17.4 Å². The Morgan fingerprint density at radius 1 is 1.07 bits per heavy atom. The molecule has 0 saturated carbocycles. The number of carbonyl (C=O) groups is 2. The molecule has 1 aliphatic heterocycles. The summed E-state index contributed by atoms with van der Waals surface area (Å²) in [6.07, 6.45) is 0. The van der Waals surface area contributed by atoms with E-state index in [2.05, 4.69) is 0 Å². The topological polar surface area (TPSA) is 70.1 Å². The van der Waals surface area contributed by atoms with Crippen LogP contribution >= 0.6 is 0 Å². The Hall–Kier alpha value is -3.09. The van der Waals surface area contributed by atoms with Crippen LogP contribution in [0, 0.1) is 5.82 Å². The fourth-order valence-electron chi connectivity index (χ4n) is 3.12. The molecule has 6 nitrogen and oxygen atoms in total. The molecule has 142 valence electrons. The Morgan fingerprint density at radius 3 is 2.33 bits per heavy atom. The second-order valence-electron chi connectivity index (χ2n) is 6.38.